The zero-order chi connectivity index (χ0) is 23.9. The molecule has 1 saturated heterocycles. The van der Waals surface area contributed by atoms with E-state index in [1.165, 1.54) is 18.3 Å². The number of rotatable bonds is 4. The highest BCUT2D eigenvalue weighted by atomic mass is 32.2. The molecule has 1 aliphatic heterocycles. The van der Waals surface area contributed by atoms with Crippen LogP contribution in [0.1, 0.15) is 11.1 Å². The number of anilines is 2. The Morgan fingerprint density at radius 2 is 1.53 bits per heavy atom. The number of aryl methyl sites for hydroxylation is 2. The van der Waals surface area contributed by atoms with E-state index >= 15 is 0 Å². The van der Waals surface area contributed by atoms with Crippen molar-refractivity contribution in [2.45, 2.75) is 23.6 Å². The van der Waals surface area contributed by atoms with Crippen LogP contribution in [-0.2, 0) is 9.84 Å². The maximum Gasteiger partial charge on any atom is 0.210 e. The number of pyridine rings is 1. The van der Waals surface area contributed by atoms with E-state index < -0.39 is 15.7 Å². The van der Waals surface area contributed by atoms with Crippen LogP contribution in [0.2, 0.25) is 0 Å². The van der Waals surface area contributed by atoms with Gasteiger partial charge in [0.15, 0.2) is 0 Å². The van der Waals surface area contributed by atoms with Crippen molar-refractivity contribution in [1.82, 2.24) is 4.98 Å². The lowest BCUT2D eigenvalue weighted by molar-refractivity contribution is 0.593. The molecule has 34 heavy (non-hydrogen) atoms. The Kier molecular flexibility index (Phi) is 5.73. The third kappa shape index (κ3) is 4.01. The van der Waals surface area contributed by atoms with Crippen molar-refractivity contribution in [3.8, 4) is 0 Å². The highest BCUT2D eigenvalue weighted by Crippen LogP contribution is 2.37. The Labute approximate surface area is 199 Å². The third-order valence-corrected chi connectivity index (χ3v) is 8.32. The van der Waals surface area contributed by atoms with E-state index in [1.807, 2.05) is 38.1 Å². The maximum absolute atomic E-state index is 14.3. The molecular weight excluding hydrogens is 449 g/mol. The minimum Gasteiger partial charge on any atom is -0.368 e. The number of nitrogens with zero attached hydrogens (tertiary/aromatic N) is 3. The minimum atomic E-state index is -3.87. The second-order valence-corrected chi connectivity index (χ2v) is 10.6. The molecule has 1 aliphatic rings. The van der Waals surface area contributed by atoms with Crippen LogP contribution in [0.25, 0.3) is 10.9 Å². The molecule has 5 rings (SSSR count). The van der Waals surface area contributed by atoms with Gasteiger partial charge in [0, 0.05) is 43.4 Å². The molecule has 7 heteroatoms. The molecule has 1 fully saturated rings. The first kappa shape index (κ1) is 22.3. The molecule has 0 spiro atoms. The quantitative estimate of drug-likeness (QED) is 0.409. The van der Waals surface area contributed by atoms with Gasteiger partial charge in [-0.15, -0.1) is 0 Å². The summed E-state index contributed by atoms with van der Waals surface area (Å²) in [6.07, 6.45) is 1.42. The molecular formula is C27H26FN3O2S. The lowest BCUT2D eigenvalue weighted by Gasteiger charge is -2.38. The van der Waals surface area contributed by atoms with E-state index in [0.717, 1.165) is 29.9 Å². The molecule has 0 N–H and O–H groups in total. The monoisotopic (exact) mass is 475 g/mol. The van der Waals surface area contributed by atoms with Crippen molar-refractivity contribution in [3.05, 3.63) is 89.9 Å². The van der Waals surface area contributed by atoms with E-state index in [0.29, 0.717) is 29.7 Å². The summed E-state index contributed by atoms with van der Waals surface area (Å²) in [4.78, 5) is 9.05. The van der Waals surface area contributed by atoms with E-state index in [2.05, 4.69) is 26.9 Å². The number of sulfone groups is 1. The van der Waals surface area contributed by atoms with Gasteiger partial charge < -0.3 is 9.80 Å². The van der Waals surface area contributed by atoms with Crippen molar-refractivity contribution >= 4 is 32.1 Å². The number of hydrogen-bond acceptors (Lipinski definition) is 5. The molecule has 0 atom stereocenters. The van der Waals surface area contributed by atoms with Gasteiger partial charge >= 0.3 is 0 Å². The van der Waals surface area contributed by atoms with Gasteiger partial charge in [0.1, 0.15) is 10.7 Å². The smallest absolute Gasteiger partial charge is 0.210 e. The molecule has 174 valence electrons. The molecule has 2 heterocycles. The Balaban J connectivity index is 1.61. The van der Waals surface area contributed by atoms with Crippen LogP contribution < -0.4 is 9.80 Å². The molecule has 5 nitrogen and oxygen atoms in total. The average molecular weight is 476 g/mol. The first-order valence-electron chi connectivity index (χ1n) is 11.3. The lowest BCUT2D eigenvalue weighted by Crippen LogP contribution is -2.47. The fourth-order valence-corrected chi connectivity index (χ4v) is 6.01. The molecule has 4 aromatic rings. The number of fused-ring (bicyclic) bond motifs is 1. The van der Waals surface area contributed by atoms with Gasteiger partial charge in [0.2, 0.25) is 9.84 Å². The zero-order valence-electron chi connectivity index (χ0n) is 19.2. The van der Waals surface area contributed by atoms with E-state index in [4.69, 9.17) is 0 Å². The number of benzene rings is 3. The summed E-state index contributed by atoms with van der Waals surface area (Å²) < 4.78 is 41.9. The van der Waals surface area contributed by atoms with Crippen molar-refractivity contribution < 1.29 is 12.8 Å². The van der Waals surface area contributed by atoms with Crippen molar-refractivity contribution in [3.63, 3.8) is 0 Å². The molecule has 0 radical (unpaired) electrons. The van der Waals surface area contributed by atoms with Crippen LogP contribution >= 0.6 is 0 Å². The fraction of sp³-hybridized carbons (Fsp3) is 0.222. The number of aromatic nitrogens is 1. The van der Waals surface area contributed by atoms with Crippen LogP contribution in [0, 0.1) is 19.7 Å². The lowest BCUT2D eigenvalue weighted by atomic mass is 10.1. The fourth-order valence-electron chi connectivity index (χ4n) is 4.49. The van der Waals surface area contributed by atoms with Gasteiger partial charge in [-0.1, -0.05) is 24.3 Å². The standard InChI is InChI=1S/C27H26FN3O2S/c1-19-8-10-23(16-20(19)2)34(32,33)26-18-29-25-11-9-21(28)17-24(25)27(26)31-14-12-30(13-15-31)22-6-4-3-5-7-22/h3-11,16-18H,12-15H2,1-2H3. The Bertz CT molecular complexity index is 1460. The van der Waals surface area contributed by atoms with E-state index in [-0.39, 0.29) is 9.79 Å². The maximum atomic E-state index is 14.3. The van der Waals surface area contributed by atoms with Crippen LogP contribution in [-0.4, -0.2) is 39.6 Å². The number of piperazine rings is 1. The molecule has 3 aromatic carbocycles. The molecule has 0 saturated carbocycles. The second-order valence-electron chi connectivity index (χ2n) is 8.69. The van der Waals surface area contributed by atoms with Gasteiger partial charge in [0.25, 0.3) is 0 Å². The minimum absolute atomic E-state index is 0.113. The summed E-state index contributed by atoms with van der Waals surface area (Å²) in [6, 6.07) is 19.6. The summed E-state index contributed by atoms with van der Waals surface area (Å²) in [6.45, 7) is 6.52. The Morgan fingerprint density at radius 1 is 0.824 bits per heavy atom. The zero-order valence-corrected chi connectivity index (χ0v) is 20.0. The largest absolute Gasteiger partial charge is 0.368 e. The van der Waals surface area contributed by atoms with Crippen molar-refractivity contribution in [2.24, 2.45) is 0 Å². The summed E-state index contributed by atoms with van der Waals surface area (Å²) >= 11 is 0. The van der Waals surface area contributed by atoms with Gasteiger partial charge in [-0.25, -0.2) is 12.8 Å². The average Bonchev–Trinajstić information content (AvgIpc) is 2.85. The summed E-state index contributed by atoms with van der Waals surface area (Å²) in [7, 11) is -3.87. The first-order valence-corrected chi connectivity index (χ1v) is 12.8. The summed E-state index contributed by atoms with van der Waals surface area (Å²) in [5.74, 6) is -0.417. The van der Waals surface area contributed by atoms with Crippen LogP contribution in [0.3, 0.4) is 0 Å². The molecule has 1 aromatic heterocycles. The Hall–Kier alpha value is -3.45. The van der Waals surface area contributed by atoms with E-state index in [9.17, 15) is 12.8 Å². The first-order chi connectivity index (χ1) is 16.3. The topological polar surface area (TPSA) is 53.5 Å². The molecule has 0 amide bonds. The molecule has 0 unspecified atom stereocenters. The van der Waals surface area contributed by atoms with E-state index in [1.54, 1.807) is 18.2 Å². The van der Waals surface area contributed by atoms with Gasteiger partial charge in [-0.2, -0.15) is 0 Å². The van der Waals surface area contributed by atoms with Crippen LogP contribution in [0.5, 0.6) is 0 Å². The second kappa shape index (κ2) is 8.72. The highest BCUT2D eigenvalue weighted by Gasteiger charge is 2.29. The molecule has 0 bridgehead atoms. The van der Waals surface area contributed by atoms with Crippen LogP contribution in [0.4, 0.5) is 15.8 Å². The number of halogens is 1. The third-order valence-electron chi connectivity index (χ3n) is 6.56. The Morgan fingerprint density at radius 3 is 2.24 bits per heavy atom. The predicted molar refractivity (Wildman–Crippen MR) is 134 cm³/mol. The number of hydrogen-bond donors (Lipinski definition) is 0. The van der Waals surface area contributed by atoms with Gasteiger partial charge in [0.05, 0.1) is 16.1 Å². The summed E-state index contributed by atoms with van der Waals surface area (Å²) in [5.41, 5.74) is 4.15. The normalized spacial score (nSPS) is 14.6. The summed E-state index contributed by atoms with van der Waals surface area (Å²) in [5, 5.41) is 0.512. The van der Waals surface area contributed by atoms with Crippen LogP contribution in [0.15, 0.2) is 82.7 Å². The van der Waals surface area contributed by atoms with Gasteiger partial charge in [-0.05, 0) is 67.4 Å². The molecule has 0 aliphatic carbocycles. The van der Waals surface area contributed by atoms with Gasteiger partial charge in [-0.3, -0.25) is 4.98 Å². The highest BCUT2D eigenvalue weighted by molar-refractivity contribution is 7.91. The SMILES string of the molecule is Cc1ccc(S(=O)(=O)c2cnc3ccc(F)cc3c2N2CCN(c3ccccc3)CC2)cc1C. The van der Waals surface area contributed by atoms with Crippen molar-refractivity contribution in [1.29, 1.82) is 0 Å². The predicted octanol–water partition coefficient (Wildman–Crippen LogP) is 5.15. The number of para-hydroxylation sites is 1. The van der Waals surface area contributed by atoms with Crippen molar-refractivity contribution in [2.75, 3.05) is 36.0 Å².